The Morgan fingerprint density at radius 2 is 1.59 bits per heavy atom. The fourth-order valence-corrected chi connectivity index (χ4v) is 4.89. The summed E-state index contributed by atoms with van der Waals surface area (Å²) in [6.07, 6.45) is 0.196. The lowest BCUT2D eigenvalue weighted by molar-refractivity contribution is -0.123. The topological polar surface area (TPSA) is 93.7 Å². The summed E-state index contributed by atoms with van der Waals surface area (Å²) >= 11 is 3.30. The maximum absolute atomic E-state index is 13.3. The minimum Gasteiger partial charge on any atom is -0.493 e. The van der Waals surface area contributed by atoms with E-state index in [0.717, 1.165) is 15.6 Å². The molecule has 3 aromatic rings. The summed E-state index contributed by atoms with van der Waals surface area (Å²) in [7, 11) is -0.840. The molecule has 0 fully saturated rings. The maximum Gasteiger partial charge on any atom is 0.241 e. The Hall–Kier alpha value is -2.88. The molecular weight excluding hydrogens is 520 g/mol. The van der Waals surface area contributed by atoms with Crippen LogP contribution in [0.3, 0.4) is 0 Å². The first kappa shape index (κ1) is 25.7. The van der Waals surface area contributed by atoms with Crippen molar-refractivity contribution >= 4 is 31.9 Å². The van der Waals surface area contributed by atoms with Gasteiger partial charge in [0.1, 0.15) is 6.04 Å². The molecule has 9 heteroatoms. The van der Waals surface area contributed by atoms with Gasteiger partial charge in [-0.25, -0.2) is 8.42 Å². The molecule has 0 aliphatic heterocycles. The van der Waals surface area contributed by atoms with Crippen molar-refractivity contribution in [3.8, 4) is 11.5 Å². The SMILES string of the molecule is COc1ccc([C@@H](C)NC(=O)[C@H](Cc2ccccc2)NS(=O)(=O)c2ccc(Br)cc2)cc1OC. The number of hydrogen-bond acceptors (Lipinski definition) is 5. The van der Waals surface area contributed by atoms with E-state index in [1.807, 2.05) is 43.3 Å². The minimum absolute atomic E-state index is 0.0782. The van der Waals surface area contributed by atoms with Crippen molar-refractivity contribution in [2.45, 2.75) is 30.3 Å². The van der Waals surface area contributed by atoms with E-state index in [0.29, 0.717) is 11.5 Å². The summed E-state index contributed by atoms with van der Waals surface area (Å²) in [6.45, 7) is 1.82. The van der Waals surface area contributed by atoms with Crippen molar-refractivity contribution in [2.75, 3.05) is 14.2 Å². The Kier molecular flexibility index (Phi) is 8.71. The number of halogens is 1. The average molecular weight is 547 g/mol. The Bertz CT molecular complexity index is 1220. The van der Waals surface area contributed by atoms with Gasteiger partial charge in [-0.1, -0.05) is 52.3 Å². The number of methoxy groups -OCH3 is 2. The molecule has 3 aromatic carbocycles. The van der Waals surface area contributed by atoms with Gasteiger partial charge in [0.25, 0.3) is 0 Å². The molecule has 0 aliphatic carbocycles. The van der Waals surface area contributed by atoms with E-state index in [1.54, 1.807) is 31.4 Å². The van der Waals surface area contributed by atoms with Crippen LogP contribution in [0.2, 0.25) is 0 Å². The lowest BCUT2D eigenvalue weighted by Gasteiger charge is -2.22. The summed E-state index contributed by atoms with van der Waals surface area (Å²) in [5.41, 5.74) is 1.63. The number of amides is 1. The zero-order valence-corrected chi connectivity index (χ0v) is 21.5. The van der Waals surface area contributed by atoms with Crippen LogP contribution < -0.4 is 19.5 Å². The number of carbonyl (C=O) groups is 1. The highest BCUT2D eigenvalue weighted by Gasteiger charge is 2.27. The van der Waals surface area contributed by atoms with Gasteiger partial charge < -0.3 is 14.8 Å². The highest BCUT2D eigenvalue weighted by atomic mass is 79.9. The van der Waals surface area contributed by atoms with Crippen LogP contribution in [-0.4, -0.2) is 34.6 Å². The van der Waals surface area contributed by atoms with Gasteiger partial charge >= 0.3 is 0 Å². The second kappa shape index (κ2) is 11.5. The van der Waals surface area contributed by atoms with Gasteiger partial charge in [0.05, 0.1) is 25.2 Å². The number of hydrogen-bond donors (Lipinski definition) is 2. The highest BCUT2D eigenvalue weighted by Crippen LogP contribution is 2.30. The maximum atomic E-state index is 13.3. The average Bonchev–Trinajstić information content (AvgIpc) is 2.83. The minimum atomic E-state index is -3.93. The first-order chi connectivity index (χ1) is 16.2. The molecule has 0 saturated heterocycles. The van der Waals surface area contributed by atoms with Crippen molar-refractivity contribution < 1.29 is 22.7 Å². The van der Waals surface area contributed by atoms with Crippen molar-refractivity contribution in [2.24, 2.45) is 0 Å². The molecule has 0 spiro atoms. The zero-order valence-electron chi connectivity index (χ0n) is 19.1. The number of benzene rings is 3. The van der Waals surface area contributed by atoms with Gasteiger partial charge in [0.15, 0.2) is 11.5 Å². The molecule has 7 nitrogen and oxygen atoms in total. The van der Waals surface area contributed by atoms with Crippen LogP contribution in [0.4, 0.5) is 0 Å². The molecule has 0 heterocycles. The molecule has 2 N–H and O–H groups in total. The molecule has 0 radical (unpaired) electrons. The smallest absolute Gasteiger partial charge is 0.241 e. The van der Waals surface area contributed by atoms with Gasteiger partial charge in [0.2, 0.25) is 15.9 Å². The number of ether oxygens (including phenoxy) is 2. The van der Waals surface area contributed by atoms with Crippen LogP contribution in [0.1, 0.15) is 24.1 Å². The summed E-state index contributed by atoms with van der Waals surface area (Å²) < 4.78 is 40.0. The normalized spacial score (nSPS) is 13.1. The molecule has 0 bridgehead atoms. The Labute approximate surface area is 208 Å². The molecule has 34 heavy (non-hydrogen) atoms. The van der Waals surface area contributed by atoms with Crippen LogP contribution in [0.25, 0.3) is 0 Å². The van der Waals surface area contributed by atoms with E-state index in [4.69, 9.17) is 9.47 Å². The second-order valence-corrected chi connectivity index (χ2v) is 10.3. The molecule has 1 amide bonds. The van der Waals surface area contributed by atoms with Gasteiger partial charge in [-0.3, -0.25) is 4.79 Å². The van der Waals surface area contributed by atoms with E-state index in [1.165, 1.54) is 19.2 Å². The van der Waals surface area contributed by atoms with Crippen LogP contribution >= 0.6 is 15.9 Å². The van der Waals surface area contributed by atoms with Crippen molar-refractivity contribution in [1.82, 2.24) is 10.0 Å². The third kappa shape index (κ3) is 6.59. The van der Waals surface area contributed by atoms with Crippen molar-refractivity contribution in [3.05, 3.63) is 88.4 Å². The number of carbonyl (C=O) groups excluding carboxylic acids is 1. The van der Waals surface area contributed by atoms with Gasteiger partial charge in [-0.2, -0.15) is 4.72 Å². The monoisotopic (exact) mass is 546 g/mol. The molecule has 0 aromatic heterocycles. The Morgan fingerprint density at radius 3 is 2.21 bits per heavy atom. The molecule has 0 saturated carbocycles. The summed E-state index contributed by atoms with van der Waals surface area (Å²) in [5.74, 6) is 0.679. The standard InChI is InChI=1S/C25H27BrN2O5S/c1-17(19-9-14-23(32-2)24(16-19)33-3)27-25(29)22(15-18-7-5-4-6-8-18)28-34(30,31)21-12-10-20(26)11-13-21/h4-14,16-17,22,28H,15H2,1-3H3,(H,27,29)/t17-,22+/m1/s1. The second-order valence-electron chi connectivity index (χ2n) is 7.66. The summed E-state index contributed by atoms with van der Waals surface area (Å²) in [4.78, 5) is 13.3. The predicted molar refractivity (Wildman–Crippen MR) is 135 cm³/mol. The Morgan fingerprint density at radius 1 is 0.941 bits per heavy atom. The van der Waals surface area contributed by atoms with Crippen LogP contribution in [0.15, 0.2) is 82.2 Å². The first-order valence-electron chi connectivity index (χ1n) is 10.6. The molecule has 180 valence electrons. The number of sulfonamides is 1. The third-order valence-corrected chi connectivity index (χ3v) is 7.30. The molecule has 0 aliphatic rings. The van der Waals surface area contributed by atoms with E-state index < -0.39 is 28.0 Å². The number of rotatable bonds is 10. The fourth-order valence-electron chi connectivity index (χ4n) is 3.43. The van der Waals surface area contributed by atoms with Crippen molar-refractivity contribution in [1.29, 1.82) is 0 Å². The molecular formula is C25H27BrN2O5S. The quantitative estimate of drug-likeness (QED) is 0.396. The largest absolute Gasteiger partial charge is 0.493 e. The van der Waals surface area contributed by atoms with Crippen LogP contribution in [-0.2, 0) is 21.2 Å². The van der Waals surface area contributed by atoms with Crippen LogP contribution in [0, 0.1) is 0 Å². The highest BCUT2D eigenvalue weighted by molar-refractivity contribution is 9.10. The molecule has 2 atom stereocenters. The van der Waals surface area contributed by atoms with Crippen molar-refractivity contribution in [3.63, 3.8) is 0 Å². The van der Waals surface area contributed by atoms with Gasteiger partial charge in [0, 0.05) is 4.47 Å². The van der Waals surface area contributed by atoms with E-state index in [9.17, 15) is 13.2 Å². The van der Waals surface area contributed by atoms with E-state index in [-0.39, 0.29) is 11.3 Å². The lowest BCUT2D eigenvalue weighted by atomic mass is 10.0. The predicted octanol–water partition coefficient (Wildman–Crippen LogP) is 4.23. The first-order valence-corrected chi connectivity index (χ1v) is 12.8. The summed E-state index contributed by atoms with van der Waals surface area (Å²) in [5, 5.41) is 2.92. The third-order valence-electron chi connectivity index (χ3n) is 5.29. The zero-order chi connectivity index (χ0) is 24.7. The Balaban J connectivity index is 1.83. The fraction of sp³-hybridized carbons (Fsp3) is 0.240. The summed E-state index contributed by atoms with van der Waals surface area (Å²) in [6, 6.07) is 19.5. The van der Waals surface area contributed by atoms with E-state index >= 15 is 0 Å². The molecule has 3 rings (SSSR count). The number of nitrogens with one attached hydrogen (secondary N) is 2. The lowest BCUT2D eigenvalue weighted by Crippen LogP contribution is -2.48. The van der Waals surface area contributed by atoms with Gasteiger partial charge in [-0.15, -0.1) is 0 Å². The van der Waals surface area contributed by atoms with Crippen LogP contribution in [0.5, 0.6) is 11.5 Å². The van der Waals surface area contributed by atoms with Gasteiger partial charge in [-0.05, 0) is 60.9 Å². The van der Waals surface area contributed by atoms with E-state index in [2.05, 4.69) is 26.0 Å². The molecule has 0 unspecified atom stereocenters.